The molecule has 0 aliphatic heterocycles. The Hall–Kier alpha value is -0.740. The second-order valence-electron chi connectivity index (χ2n) is 11.1. The highest BCUT2D eigenvalue weighted by Gasteiger charge is 2.60. The van der Waals surface area contributed by atoms with Crippen molar-refractivity contribution in [1.29, 1.82) is 0 Å². The van der Waals surface area contributed by atoms with Crippen molar-refractivity contribution < 1.29 is 14.3 Å². The lowest BCUT2D eigenvalue weighted by Crippen LogP contribution is -2.52. The van der Waals surface area contributed by atoms with E-state index < -0.39 is 0 Å². The topological polar surface area (TPSA) is 46.6 Å². The van der Waals surface area contributed by atoms with Crippen LogP contribution in [-0.2, 0) is 14.3 Å². The van der Waals surface area contributed by atoms with E-state index in [1.807, 2.05) is 4.90 Å². The van der Waals surface area contributed by atoms with Gasteiger partial charge in [-0.3, -0.25) is 9.59 Å². The summed E-state index contributed by atoms with van der Waals surface area (Å²) >= 11 is 12.0. The average molecular weight is 485 g/mol. The van der Waals surface area contributed by atoms with Crippen LogP contribution >= 0.6 is 23.2 Å². The van der Waals surface area contributed by atoms with Gasteiger partial charge < -0.3 is 9.64 Å². The Bertz CT molecular complexity index is 764. The number of hydrogen-bond donors (Lipinski definition) is 0. The van der Waals surface area contributed by atoms with Crippen LogP contribution in [0.25, 0.3) is 0 Å². The first kappa shape index (κ1) is 24.4. The van der Waals surface area contributed by atoms with Crippen molar-refractivity contribution in [3.8, 4) is 0 Å². The number of fused-ring (bicyclic) bond motifs is 5. The van der Waals surface area contributed by atoms with Gasteiger partial charge in [0.25, 0.3) is 0 Å². The molecule has 4 rings (SSSR count). The first-order valence-corrected chi connectivity index (χ1v) is 13.6. The van der Waals surface area contributed by atoms with Gasteiger partial charge in [0.15, 0.2) is 0 Å². The molecule has 0 spiro atoms. The molecule has 0 bridgehead atoms. The highest BCUT2D eigenvalue weighted by Crippen LogP contribution is 2.66. The van der Waals surface area contributed by atoms with Gasteiger partial charge in [0, 0.05) is 44.1 Å². The Morgan fingerprint density at radius 3 is 2.44 bits per heavy atom. The predicted molar refractivity (Wildman–Crippen MR) is 129 cm³/mol. The summed E-state index contributed by atoms with van der Waals surface area (Å²) in [4.78, 5) is 26.9. The molecule has 0 N–H and O–H groups in total. The smallest absolute Gasteiger partial charge is 0.302 e. The minimum Gasteiger partial charge on any atom is -0.462 e. The third-order valence-electron chi connectivity index (χ3n) is 9.71. The van der Waals surface area contributed by atoms with Crippen LogP contribution in [0.3, 0.4) is 0 Å². The van der Waals surface area contributed by atoms with Gasteiger partial charge >= 0.3 is 5.97 Å². The van der Waals surface area contributed by atoms with Crippen LogP contribution in [0.15, 0.2) is 11.6 Å². The Kier molecular flexibility index (Phi) is 7.23. The quantitative estimate of drug-likeness (QED) is 0.272. The molecule has 7 unspecified atom stereocenters. The molecular formula is C26H39Cl2NO3. The zero-order chi connectivity index (χ0) is 23.1. The number of carbonyl (C=O) groups excluding carboxylic acids is 2. The SMILES string of the molecule is CC(=O)OC1CCC2(C)C(=CCC3C2CCC2(C)C(C(=O)N(CCCl)CCCl)CCC32)C1. The minimum atomic E-state index is -0.166. The van der Waals surface area contributed by atoms with Crippen molar-refractivity contribution in [3.63, 3.8) is 0 Å². The summed E-state index contributed by atoms with van der Waals surface area (Å²) in [6.45, 7) is 7.54. The maximum atomic E-state index is 13.5. The molecule has 3 saturated carbocycles. The number of ether oxygens (including phenoxy) is 1. The van der Waals surface area contributed by atoms with E-state index in [4.69, 9.17) is 27.9 Å². The molecule has 4 aliphatic rings. The number of halogens is 2. The number of allylic oxidation sites excluding steroid dienone is 1. The normalized spacial score (nSPS) is 40.5. The van der Waals surface area contributed by atoms with Gasteiger partial charge in [-0.15, -0.1) is 23.2 Å². The zero-order valence-corrected chi connectivity index (χ0v) is 21.4. The molecule has 180 valence electrons. The highest BCUT2D eigenvalue weighted by molar-refractivity contribution is 6.18. The highest BCUT2D eigenvalue weighted by atomic mass is 35.5. The molecule has 3 fully saturated rings. The van der Waals surface area contributed by atoms with Crippen LogP contribution in [0.1, 0.15) is 72.1 Å². The van der Waals surface area contributed by atoms with Crippen molar-refractivity contribution >= 4 is 35.1 Å². The second kappa shape index (κ2) is 9.49. The molecule has 4 aliphatic carbocycles. The third-order valence-corrected chi connectivity index (χ3v) is 10.0. The molecule has 0 heterocycles. The fraction of sp³-hybridized carbons (Fsp3) is 0.846. The monoisotopic (exact) mass is 483 g/mol. The van der Waals surface area contributed by atoms with Crippen LogP contribution < -0.4 is 0 Å². The number of alkyl halides is 2. The van der Waals surface area contributed by atoms with Gasteiger partial charge in [-0.05, 0) is 73.5 Å². The van der Waals surface area contributed by atoms with E-state index in [1.165, 1.54) is 18.9 Å². The lowest BCUT2D eigenvalue weighted by atomic mass is 9.47. The van der Waals surface area contributed by atoms with Crippen LogP contribution in [0.2, 0.25) is 0 Å². The number of rotatable bonds is 6. The molecule has 1 amide bonds. The van der Waals surface area contributed by atoms with Crippen LogP contribution in [-0.4, -0.2) is 47.7 Å². The van der Waals surface area contributed by atoms with Crippen molar-refractivity contribution in [1.82, 2.24) is 4.90 Å². The number of amides is 1. The Morgan fingerprint density at radius 1 is 1.06 bits per heavy atom. The maximum Gasteiger partial charge on any atom is 0.302 e. The molecule has 0 aromatic carbocycles. The zero-order valence-electron chi connectivity index (χ0n) is 19.9. The summed E-state index contributed by atoms with van der Waals surface area (Å²) in [5.41, 5.74) is 1.80. The van der Waals surface area contributed by atoms with Gasteiger partial charge in [0.1, 0.15) is 6.10 Å². The van der Waals surface area contributed by atoms with Crippen molar-refractivity contribution in [3.05, 3.63) is 11.6 Å². The second-order valence-corrected chi connectivity index (χ2v) is 11.9. The maximum absolute atomic E-state index is 13.5. The molecule has 0 aromatic heterocycles. The van der Waals surface area contributed by atoms with Crippen LogP contribution in [0, 0.1) is 34.5 Å². The van der Waals surface area contributed by atoms with E-state index in [0.29, 0.717) is 42.6 Å². The largest absolute Gasteiger partial charge is 0.462 e. The average Bonchev–Trinajstić information content (AvgIpc) is 3.10. The van der Waals surface area contributed by atoms with Gasteiger partial charge in [0.2, 0.25) is 5.91 Å². The fourth-order valence-corrected chi connectivity index (χ4v) is 8.53. The van der Waals surface area contributed by atoms with E-state index in [2.05, 4.69) is 19.9 Å². The number of nitrogens with zero attached hydrogens (tertiary/aromatic N) is 1. The molecule has 6 heteroatoms. The number of carbonyl (C=O) groups is 2. The molecule has 7 atom stereocenters. The summed E-state index contributed by atoms with van der Waals surface area (Å²) in [5.74, 6) is 3.05. The fourth-order valence-electron chi connectivity index (χ4n) is 8.13. The van der Waals surface area contributed by atoms with Gasteiger partial charge in [-0.1, -0.05) is 25.5 Å². The summed E-state index contributed by atoms with van der Waals surface area (Å²) in [5, 5.41) is 0. The summed E-state index contributed by atoms with van der Waals surface area (Å²) in [7, 11) is 0. The molecule has 32 heavy (non-hydrogen) atoms. The van der Waals surface area contributed by atoms with Gasteiger partial charge in [-0.25, -0.2) is 0 Å². The number of esters is 1. The summed E-state index contributed by atoms with van der Waals surface area (Å²) in [6.07, 6.45) is 11.1. The van der Waals surface area contributed by atoms with Crippen molar-refractivity contribution in [2.45, 2.75) is 78.2 Å². The van der Waals surface area contributed by atoms with E-state index >= 15 is 0 Å². The minimum absolute atomic E-state index is 0.0422. The predicted octanol–water partition coefficient (Wildman–Crippen LogP) is 5.80. The molecule has 0 aromatic rings. The summed E-state index contributed by atoms with van der Waals surface area (Å²) in [6, 6.07) is 0. The van der Waals surface area contributed by atoms with E-state index in [9.17, 15) is 9.59 Å². The first-order valence-electron chi connectivity index (χ1n) is 12.5. The van der Waals surface area contributed by atoms with E-state index in [0.717, 1.165) is 44.9 Å². The molecular weight excluding hydrogens is 445 g/mol. The van der Waals surface area contributed by atoms with Crippen LogP contribution in [0.4, 0.5) is 0 Å². The van der Waals surface area contributed by atoms with E-state index in [-0.39, 0.29) is 34.7 Å². The van der Waals surface area contributed by atoms with Gasteiger partial charge in [0.05, 0.1) is 0 Å². The summed E-state index contributed by atoms with van der Waals surface area (Å²) < 4.78 is 5.57. The molecule has 0 saturated heterocycles. The van der Waals surface area contributed by atoms with Gasteiger partial charge in [-0.2, -0.15) is 0 Å². The van der Waals surface area contributed by atoms with Crippen LogP contribution in [0.5, 0.6) is 0 Å². The third kappa shape index (κ3) is 4.13. The lowest BCUT2D eigenvalue weighted by Gasteiger charge is -2.58. The number of hydrogen-bond acceptors (Lipinski definition) is 3. The van der Waals surface area contributed by atoms with E-state index in [1.54, 1.807) is 0 Å². The molecule has 0 radical (unpaired) electrons. The molecule has 4 nitrogen and oxygen atoms in total. The standard InChI is InChI=1S/C26H39Cl2NO3/c1-17(30)32-19-8-10-25(2)18(16-19)4-5-20-21-6-7-23(26(21,3)11-9-22(20)25)24(31)29(14-12-27)15-13-28/h4,19-23H,5-16H2,1-3H3. The van der Waals surface area contributed by atoms with Crippen molar-refractivity contribution in [2.75, 3.05) is 24.8 Å². The Labute approximate surface area is 203 Å². The Morgan fingerprint density at radius 2 is 1.78 bits per heavy atom. The Balaban J connectivity index is 1.53. The lowest BCUT2D eigenvalue weighted by molar-refractivity contribution is -0.149. The van der Waals surface area contributed by atoms with Crippen molar-refractivity contribution in [2.24, 2.45) is 34.5 Å². The first-order chi connectivity index (χ1) is 15.2.